The Balaban J connectivity index is 2.12. The molecule has 1 fully saturated rings. The van der Waals surface area contributed by atoms with Crippen LogP contribution >= 0.6 is 23.2 Å². The van der Waals surface area contributed by atoms with Gasteiger partial charge in [0.15, 0.2) is 5.54 Å². The van der Waals surface area contributed by atoms with Crippen LogP contribution in [-0.4, -0.2) is 27.9 Å². The number of alkyl halides is 1. The molecule has 0 aromatic heterocycles. The summed E-state index contributed by atoms with van der Waals surface area (Å²) in [5.74, 6) is -1.58. The van der Waals surface area contributed by atoms with Gasteiger partial charge in [0, 0.05) is 17.0 Å². The van der Waals surface area contributed by atoms with Gasteiger partial charge in [0.25, 0.3) is 5.91 Å². The van der Waals surface area contributed by atoms with E-state index in [0.29, 0.717) is 10.6 Å². The van der Waals surface area contributed by atoms with Crippen molar-refractivity contribution in [2.75, 3.05) is 0 Å². The van der Waals surface area contributed by atoms with Crippen LogP contribution < -0.4 is 5.32 Å². The number of hydrogen-bond donors (Lipinski definition) is 2. The number of aliphatic carboxylic acids is 1. The molecule has 2 rings (SSSR count). The maximum Gasteiger partial charge on any atom is 0.331 e. The number of halogens is 2. The summed E-state index contributed by atoms with van der Waals surface area (Å²) in [7, 11) is 0. The van der Waals surface area contributed by atoms with Gasteiger partial charge in [0.05, 0.1) is 5.38 Å². The van der Waals surface area contributed by atoms with Crippen LogP contribution in [0.25, 0.3) is 0 Å². The average molecular weight is 274 g/mol. The van der Waals surface area contributed by atoms with Gasteiger partial charge in [-0.3, -0.25) is 4.79 Å². The van der Waals surface area contributed by atoms with Gasteiger partial charge in [-0.2, -0.15) is 0 Å². The molecular formula is C11H9Cl2NO3. The molecule has 0 spiro atoms. The van der Waals surface area contributed by atoms with Crippen molar-refractivity contribution >= 4 is 35.1 Å². The lowest BCUT2D eigenvalue weighted by Gasteiger charge is -2.13. The second-order valence-electron chi connectivity index (χ2n) is 3.91. The van der Waals surface area contributed by atoms with Crippen molar-refractivity contribution in [3.05, 3.63) is 34.9 Å². The minimum atomic E-state index is -1.32. The summed E-state index contributed by atoms with van der Waals surface area (Å²) in [5, 5.41) is 11.4. The largest absolute Gasteiger partial charge is 0.479 e. The topological polar surface area (TPSA) is 66.4 Å². The summed E-state index contributed by atoms with van der Waals surface area (Å²) in [5.41, 5.74) is -0.969. The zero-order valence-corrected chi connectivity index (χ0v) is 10.1. The fourth-order valence-corrected chi connectivity index (χ4v) is 2.02. The number of carboxylic acids is 1. The molecule has 0 radical (unpaired) electrons. The van der Waals surface area contributed by atoms with E-state index in [2.05, 4.69) is 5.32 Å². The lowest BCUT2D eigenvalue weighted by Crippen LogP contribution is -2.45. The molecule has 0 saturated heterocycles. The molecule has 0 bridgehead atoms. The first-order valence-electron chi connectivity index (χ1n) is 4.91. The highest BCUT2D eigenvalue weighted by atomic mass is 35.5. The predicted octanol–water partition coefficient (Wildman–Crippen LogP) is 1.90. The molecule has 0 aliphatic heterocycles. The van der Waals surface area contributed by atoms with Crippen molar-refractivity contribution in [2.45, 2.75) is 17.3 Å². The summed E-state index contributed by atoms with van der Waals surface area (Å²) in [6.07, 6.45) is 0.239. The van der Waals surface area contributed by atoms with Gasteiger partial charge in [-0.05, 0) is 24.3 Å². The quantitative estimate of drug-likeness (QED) is 0.827. The van der Waals surface area contributed by atoms with E-state index in [1.54, 1.807) is 12.1 Å². The first-order valence-corrected chi connectivity index (χ1v) is 5.73. The first kappa shape index (κ1) is 12.2. The molecular weight excluding hydrogens is 265 g/mol. The van der Waals surface area contributed by atoms with Gasteiger partial charge >= 0.3 is 5.97 Å². The number of hydrogen-bond acceptors (Lipinski definition) is 2. The molecule has 1 aromatic rings. The maximum atomic E-state index is 11.8. The van der Waals surface area contributed by atoms with E-state index in [1.165, 1.54) is 12.1 Å². The van der Waals surface area contributed by atoms with E-state index in [4.69, 9.17) is 28.3 Å². The third kappa shape index (κ3) is 2.23. The summed E-state index contributed by atoms with van der Waals surface area (Å²) in [4.78, 5) is 22.8. The van der Waals surface area contributed by atoms with Gasteiger partial charge in [-0.1, -0.05) is 11.6 Å². The van der Waals surface area contributed by atoms with Crippen molar-refractivity contribution in [3.8, 4) is 0 Å². The van der Waals surface area contributed by atoms with Crippen LogP contribution in [0, 0.1) is 0 Å². The van der Waals surface area contributed by atoms with Gasteiger partial charge in [-0.15, -0.1) is 11.6 Å². The number of nitrogens with one attached hydrogen (secondary N) is 1. The molecule has 1 aromatic carbocycles. The van der Waals surface area contributed by atoms with Gasteiger partial charge in [0.2, 0.25) is 0 Å². The Kier molecular flexibility index (Phi) is 3.02. The Morgan fingerprint density at radius 2 is 1.88 bits per heavy atom. The minimum Gasteiger partial charge on any atom is -0.479 e. The molecule has 1 aliphatic carbocycles. The van der Waals surface area contributed by atoms with Crippen LogP contribution in [0.3, 0.4) is 0 Å². The Morgan fingerprint density at radius 1 is 1.35 bits per heavy atom. The molecule has 1 amide bonds. The average Bonchev–Trinajstić information content (AvgIpc) is 2.91. The second-order valence-corrected chi connectivity index (χ2v) is 4.87. The molecule has 4 nitrogen and oxygen atoms in total. The third-order valence-corrected chi connectivity index (χ3v) is 3.48. The molecule has 1 saturated carbocycles. The highest BCUT2D eigenvalue weighted by molar-refractivity contribution is 6.30. The predicted molar refractivity (Wildman–Crippen MR) is 63.5 cm³/mol. The lowest BCUT2D eigenvalue weighted by molar-refractivity contribution is -0.140. The molecule has 0 heterocycles. The number of carbonyl (C=O) groups is 2. The second kappa shape index (κ2) is 4.20. The molecule has 17 heavy (non-hydrogen) atoms. The fourth-order valence-electron chi connectivity index (χ4n) is 1.50. The van der Waals surface area contributed by atoms with Gasteiger partial charge < -0.3 is 10.4 Å². The van der Waals surface area contributed by atoms with Crippen molar-refractivity contribution in [1.82, 2.24) is 5.32 Å². The van der Waals surface area contributed by atoms with Crippen molar-refractivity contribution in [1.29, 1.82) is 0 Å². The van der Waals surface area contributed by atoms with Gasteiger partial charge in [-0.25, -0.2) is 4.79 Å². The van der Waals surface area contributed by atoms with Crippen molar-refractivity contribution in [3.63, 3.8) is 0 Å². The third-order valence-electron chi connectivity index (χ3n) is 2.70. The van der Waals surface area contributed by atoms with Crippen LogP contribution in [0.2, 0.25) is 5.02 Å². The van der Waals surface area contributed by atoms with Crippen LogP contribution in [0.5, 0.6) is 0 Å². The van der Waals surface area contributed by atoms with E-state index >= 15 is 0 Å². The lowest BCUT2D eigenvalue weighted by atomic mass is 10.2. The standard InChI is InChI=1S/C11H9Cl2NO3/c12-7-3-1-6(2-4-7)9(15)14-11(10(16)17)5-8(11)13/h1-4,8H,5H2,(H,14,15)(H,16,17). The van der Waals surface area contributed by atoms with Crippen LogP contribution in [0.15, 0.2) is 24.3 Å². The first-order chi connectivity index (χ1) is 7.95. The van der Waals surface area contributed by atoms with Crippen molar-refractivity contribution in [2.24, 2.45) is 0 Å². The Hall–Kier alpha value is -1.26. The van der Waals surface area contributed by atoms with Gasteiger partial charge in [0.1, 0.15) is 0 Å². The molecule has 2 unspecified atom stereocenters. The molecule has 2 atom stereocenters. The summed E-state index contributed by atoms with van der Waals surface area (Å²) in [6.45, 7) is 0. The number of benzene rings is 1. The fraction of sp³-hybridized carbons (Fsp3) is 0.273. The molecule has 90 valence electrons. The number of carbonyl (C=O) groups excluding carboxylic acids is 1. The van der Waals surface area contributed by atoms with Crippen LogP contribution in [0.4, 0.5) is 0 Å². The number of rotatable bonds is 3. The van der Waals surface area contributed by atoms with E-state index in [-0.39, 0.29) is 6.42 Å². The maximum absolute atomic E-state index is 11.8. The zero-order valence-electron chi connectivity index (χ0n) is 8.61. The zero-order chi connectivity index (χ0) is 12.6. The highest BCUT2D eigenvalue weighted by Crippen LogP contribution is 2.41. The molecule has 6 heteroatoms. The molecule has 2 N–H and O–H groups in total. The highest BCUT2D eigenvalue weighted by Gasteiger charge is 2.61. The smallest absolute Gasteiger partial charge is 0.331 e. The SMILES string of the molecule is O=C(NC1(C(=O)O)CC1Cl)c1ccc(Cl)cc1. The summed E-state index contributed by atoms with van der Waals surface area (Å²) < 4.78 is 0. The number of carboxylic acid groups (broad SMARTS) is 1. The summed E-state index contributed by atoms with van der Waals surface area (Å²) in [6, 6.07) is 6.18. The van der Waals surface area contributed by atoms with E-state index in [1.807, 2.05) is 0 Å². The van der Waals surface area contributed by atoms with E-state index < -0.39 is 22.8 Å². The van der Waals surface area contributed by atoms with E-state index in [9.17, 15) is 9.59 Å². The monoisotopic (exact) mass is 273 g/mol. The number of amides is 1. The minimum absolute atomic E-state index is 0.239. The normalized spacial score (nSPS) is 26.4. The molecule has 1 aliphatic rings. The van der Waals surface area contributed by atoms with Crippen LogP contribution in [0.1, 0.15) is 16.8 Å². The van der Waals surface area contributed by atoms with E-state index in [0.717, 1.165) is 0 Å². The van der Waals surface area contributed by atoms with Crippen LogP contribution in [-0.2, 0) is 4.79 Å². The Labute approximate surface area is 108 Å². The summed E-state index contributed by atoms with van der Waals surface area (Å²) >= 11 is 11.4. The van der Waals surface area contributed by atoms with Crippen molar-refractivity contribution < 1.29 is 14.7 Å². The Bertz CT molecular complexity index is 474. The Morgan fingerprint density at radius 3 is 2.29 bits per heavy atom.